The van der Waals surface area contributed by atoms with E-state index in [1.807, 2.05) is 0 Å². The molecule has 0 aliphatic carbocycles. The van der Waals surface area contributed by atoms with Gasteiger partial charge in [0, 0.05) is 12.1 Å². The van der Waals surface area contributed by atoms with Crippen molar-refractivity contribution in [2.24, 2.45) is 0 Å². The number of quaternary nitrogens is 1. The molecule has 23 heavy (non-hydrogen) atoms. The number of fused-ring (bicyclic) bond motifs is 1. The molecule has 3 N–H and O–H groups in total. The van der Waals surface area contributed by atoms with Gasteiger partial charge in [0.2, 0.25) is 0 Å². The predicted octanol–water partition coefficient (Wildman–Crippen LogP) is 0.613. The average molecular weight is 357 g/mol. The third kappa shape index (κ3) is 3.12. The van der Waals surface area contributed by atoms with Crippen LogP contribution in [0.4, 0.5) is 43.4 Å². The second-order valence-corrected chi connectivity index (χ2v) is 4.34. The molecule has 1 aliphatic heterocycles. The zero-order valence-corrected chi connectivity index (χ0v) is 10.0. The van der Waals surface area contributed by atoms with Crippen LogP contribution >= 0.6 is 0 Å². The average Bonchev–Trinajstić information content (AvgIpc) is 2.60. The molecule has 1 aliphatic rings. The van der Waals surface area contributed by atoms with E-state index < -0.39 is 50.8 Å². The molecule has 2 atom stereocenters. The van der Waals surface area contributed by atoms with Gasteiger partial charge in [-0.25, -0.2) is 0 Å². The summed E-state index contributed by atoms with van der Waals surface area (Å²) >= 11 is 0. The molecule has 0 amide bonds. The van der Waals surface area contributed by atoms with E-state index in [1.165, 1.54) is 5.32 Å². The van der Waals surface area contributed by atoms with Gasteiger partial charge < -0.3 is 10.3 Å². The van der Waals surface area contributed by atoms with E-state index in [1.54, 1.807) is 0 Å². The molecule has 1 aromatic carbocycles. The van der Waals surface area contributed by atoms with Crippen LogP contribution in [0.25, 0.3) is 0 Å². The van der Waals surface area contributed by atoms with Crippen LogP contribution in [-0.2, 0) is 6.18 Å². The van der Waals surface area contributed by atoms with E-state index >= 15 is 0 Å². The van der Waals surface area contributed by atoms with Crippen molar-refractivity contribution in [2.75, 3.05) is 5.32 Å². The number of hydrogen-bond acceptors (Lipinski definition) is 5. The molecule has 14 heteroatoms. The molecular formula is C9H6F6N3NaO4. The summed E-state index contributed by atoms with van der Waals surface area (Å²) in [7, 11) is 0. The van der Waals surface area contributed by atoms with Crippen LogP contribution in [0, 0.1) is 15.3 Å². The summed E-state index contributed by atoms with van der Waals surface area (Å²) in [6.45, 7) is 0. The Morgan fingerprint density at radius 2 is 1.74 bits per heavy atom. The molecule has 0 radical (unpaired) electrons. The van der Waals surface area contributed by atoms with E-state index in [0.29, 0.717) is 0 Å². The predicted molar refractivity (Wildman–Crippen MR) is 63.9 cm³/mol. The van der Waals surface area contributed by atoms with Crippen LogP contribution in [0.15, 0.2) is 12.1 Å². The van der Waals surface area contributed by atoms with Gasteiger partial charge in [-0.2, -0.15) is 26.3 Å². The number of alkyl halides is 6. The summed E-state index contributed by atoms with van der Waals surface area (Å²) in [5.74, 6) is -4.22. The molecule has 0 spiro atoms. The number of nitrogens with zero attached hydrogens (tertiary/aromatic N) is 1. The fourth-order valence-electron chi connectivity index (χ4n) is 1.88. The van der Waals surface area contributed by atoms with Gasteiger partial charge in [-0.3, -0.25) is 20.5 Å². The summed E-state index contributed by atoms with van der Waals surface area (Å²) in [5.41, 5.74) is -5.47. The zero-order valence-electron chi connectivity index (χ0n) is 10.0. The summed E-state index contributed by atoms with van der Waals surface area (Å²) in [6.07, 6.45) is -10.7. The van der Waals surface area contributed by atoms with E-state index in [0.717, 1.165) is 0 Å². The first kappa shape index (κ1) is 19.9. The molecule has 1 aromatic rings. The molecule has 7 nitrogen and oxygen atoms in total. The van der Waals surface area contributed by atoms with Gasteiger partial charge in [-0.05, 0) is 0 Å². The van der Waals surface area contributed by atoms with Crippen molar-refractivity contribution in [3.05, 3.63) is 33.0 Å². The number of nitro groups is 1. The van der Waals surface area contributed by atoms with Gasteiger partial charge in [0.15, 0.2) is 11.4 Å². The van der Waals surface area contributed by atoms with Crippen molar-refractivity contribution in [1.29, 1.82) is 0 Å². The Morgan fingerprint density at radius 1 is 1.22 bits per heavy atom. The van der Waals surface area contributed by atoms with Gasteiger partial charge in [-0.15, -0.1) is 0 Å². The van der Waals surface area contributed by atoms with Crippen LogP contribution in [0.5, 0.6) is 0 Å². The maximum atomic E-state index is 12.7. The minimum absolute atomic E-state index is 0. The quantitative estimate of drug-likeness (QED) is 0.225. The topological polar surface area (TPSA) is 103 Å². The van der Waals surface area contributed by atoms with Crippen molar-refractivity contribution in [2.45, 2.75) is 18.2 Å². The van der Waals surface area contributed by atoms with Crippen molar-refractivity contribution in [1.82, 2.24) is 0 Å². The van der Waals surface area contributed by atoms with Crippen LogP contribution in [0.1, 0.15) is 5.56 Å². The Morgan fingerprint density at radius 3 is 2.13 bits per heavy atom. The van der Waals surface area contributed by atoms with Crippen molar-refractivity contribution >= 4 is 46.6 Å². The summed E-state index contributed by atoms with van der Waals surface area (Å²) in [4.78, 5) is 9.34. The third-order valence-electron chi connectivity index (χ3n) is 2.93. The van der Waals surface area contributed by atoms with E-state index in [9.17, 15) is 46.8 Å². The van der Waals surface area contributed by atoms with Crippen LogP contribution in [0.3, 0.4) is 0 Å². The van der Waals surface area contributed by atoms with E-state index in [4.69, 9.17) is 0 Å². The molecule has 2 unspecified atom stereocenters. The third-order valence-corrected chi connectivity index (χ3v) is 2.93. The summed E-state index contributed by atoms with van der Waals surface area (Å²) in [5, 5.41) is 30.7. The molecule has 0 saturated heterocycles. The van der Waals surface area contributed by atoms with E-state index in [-0.39, 0.29) is 41.7 Å². The number of hydroxylamine groups is 1. The number of halogens is 6. The summed E-state index contributed by atoms with van der Waals surface area (Å²) < 4.78 is 75.9. The molecule has 0 saturated carbocycles. The second-order valence-electron chi connectivity index (χ2n) is 4.34. The molecule has 0 fully saturated rings. The van der Waals surface area contributed by atoms with Crippen LogP contribution in [-0.4, -0.2) is 51.6 Å². The maximum absolute atomic E-state index is 12.7. The fourth-order valence-corrected chi connectivity index (χ4v) is 1.88. The number of nitro benzene ring substituents is 1. The first-order valence-electron chi connectivity index (χ1n) is 5.31. The van der Waals surface area contributed by atoms with Crippen molar-refractivity contribution in [3.63, 3.8) is 0 Å². The molecule has 1 heterocycles. The van der Waals surface area contributed by atoms with Crippen molar-refractivity contribution in [3.8, 4) is 0 Å². The molecular weight excluding hydrogens is 351 g/mol. The second kappa shape index (κ2) is 5.75. The van der Waals surface area contributed by atoms with Gasteiger partial charge >= 0.3 is 47.8 Å². The Kier molecular flexibility index (Phi) is 4.98. The monoisotopic (exact) mass is 357 g/mol. The Bertz CT molecular complexity index is 651. The van der Waals surface area contributed by atoms with Crippen LogP contribution in [0.2, 0.25) is 0 Å². The minimum atomic E-state index is -5.59. The molecule has 2 rings (SSSR count). The summed E-state index contributed by atoms with van der Waals surface area (Å²) in [6, 6.07) is -0.0113. The number of nitrogens with one attached hydrogen (secondary N) is 2. The first-order valence-corrected chi connectivity index (χ1v) is 5.31. The van der Waals surface area contributed by atoms with Gasteiger partial charge in [0.25, 0.3) is 5.69 Å². The number of rotatable bonds is 1. The van der Waals surface area contributed by atoms with E-state index in [2.05, 4.69) is 0 Å². The first-order chi connectivity index (χ1) is 9.79. The number of aliphatic hydroxyl groups is 1. The van der Waals surface area contributed by atoms with Gasteiger partial charge in [-0.1, -0.05) is 0 Å². The van der Waals surface area contributed by atoms with Crippen molar-refractivity contribution < 1.29 is 41.4 Å². The number of anilines is 1. The molecule has 0 bridgehead atoms. The standard InChI is InChI=1S/C9H5F6N3O4.Na.H/c10-7(11,12)3-1-4-6(5(2-3)18(21)22)16-9(19,17(4)20)8(13,14)15;;/h1-2,16-17,19H;;. The molecule has 124 valence electrons. The normalized spacial score (nSPS) is 23.7. The number of benzene rings is 1. The molecule has 0 aromatic heterocycles. The van der Waals surface area contributed by atoms with Crippen LogP contribution < -0.4 is 10.4 Å². The van der Waals surface area contributed by atoms with Gasteiger partial charge in [0.1, 0.15) is 0 Å². The van der Waals surface area contributed by atoms with Gasteiger partial charge in [0.05, 0.1) is 10.5 Å². The Labute approximate surface area is 144 Å². The Balaban J connectivity index is 0.00000264. The zero-order chi connectivity index (χ0) is 17.1. The number of hydrogen-bond donors (Lipinski definition) is 3. The Hall–Kier alpha value is -1.12. The fraction of sp³-hybridized carbons (Fsp3) is 0.333. The SMILES string of the molecule is O=[N+]([O-])c1cc(C(F)(F)F)cc2c1NC(O)(C(F)(F)F)[NH+]2[O-].[NaH].